The zero-order chi connectivity index (χ0) is 16.6. The van der Waals surface area contributed by atoms with Crippen LogP contribution >= 0.6 is 11.3 Å². The first-order valence-corrected chi connectivity index (χ1v) is 7.27. The molecule has 0 aliphatic carbocycles. The maximum Gasteiger partial charge on any atom is 0.268 e. The summed E-state index contributed by atoms with van der Waals surface area (Å²) in [5.74, 6) is -1.02. The summed E-state index contributed by atoms with van der Waals surface area (Å²) >= 11 is 1.03. The van der Waals surface area contributed by atoms with Gasteiger partial charge in [-0.1, -0.05) is 12.1 Å². The standard InChI is InChI=1S/C15H10FN5OS/c16-9-3-1-2-4-10(9)20-14(22)12-11(18)8-5-7(6-17)13(19)21-15(8)23-12/h1-5H,18H2,(H2,19,21)(H,20,22). The Kier molecular flexibility index (Phi) is 3.56. The highest BCUT2D eigenvalue weighted by molar-refractivity contribution is 7.21. The van der Waals surface area contributed by atoms with E-state index in [1.807, 2.05) is 6.07 Å². The molecule has 23 heavy (non-hydrogen) atoms. The van der Waals surface area contributed by atoms with Gasteiger partial charge in [-0.15, -0.1) is 11.3 Å². The summed E-state index contributed by atoms with van der Waals surface area (Å²) in [6.45, 7) is 0. The van der Waals surface area contributed by atoms with E-state index in [4.69, 9.17) is 16.7 Å². The molecule has 0 aliphatic heterocycles. The maximum absolute atomic E-state index is 13.6. The van der Waals surface area contributed by atoms with Crippen LogP contribution in [0.25, 0.3) is 10.2 Å². The monoisotopic (exact) mass is 327 g/mol. The fourth-order valence-corrected chi connectivity index (χ4v) is 3.03. The van der Waals surface area contributed by atoms with Crippen molar-refractivity contribution in [3.63, 3.8) is 0 Å². The first-order valence-electron chi connectivity index (χ1n) is 6.45. The minimum atomic E-state index is -0.548. The minimum absolute atomic E-state index is 0.0551. The third-order valence-corrected chi connectivity index (χ3v) is 4.31. The molecule has 2 aromatic heterocycles. The van der Waals surface area contributed by atoms with Crippen LogP contribution in [0.1, 0.15) is 15.2 Å². The van der Waals surface area contributed by atoms with E-state index in [1.165, 1.54) is 24.3 Å². The van der Waals surface area contributed by atoms with Crippen molar-refractivity contribution in [2.24, 2.45) is 0 Å². The Morgan fingerprint density at radius 3 is 2.78 bits per heavy atom. The van der Waals surface area contributed by atoms with E-state index in [9.17, 15) is 9.18 Å². The summed E-state index contributed by atoms with van der Waals surface area (Å²) in [4.78, 5) is 17.0. The molecule has 5 N–H and O–H groups in total. The molecule has 1 amide bonds. The summed E-state index contributed by atoms with van der Waals surface area (Å²) in [6.07, 6.45) is 0. The van der Waals surface area contributed by atoms with Crippen LogP contribution in [-0.4, -0.2) is 10.9 Å². The van der Waals surface area contributed by atoms with Crippen molar-refractivity contribution in [1.29, 1.82) is 5.26 Å². The molecular weight excluding hydrogens is 317 g/mol. The number of nitrogens with two attached hydrogens (primary N) is 2. The first-order chi connectivity index (χ1) is 11.0. The fourth-order valence-electron chi connectivity index (χ4n) is 2.05. The fraction of sp³-hybridized carbons (Fsp3) is 0. The summed E-state index contributed by atoms with van der Waals surface area (Å²) < 4.78 is 13.6. The average Bonchev–Trinajstić information content (AvgIpc) is 2.85. The second kappa shape index (κ2) is 5.55. The number of anilines is 3. The molecule has 0 saturated heterocycles. The van der Waals surface area contributed by atoms with Crippen LogP contribution < -0.4 is 16.8 Å². The van der Waals surface area contributed by atoms with Crippen LogP contribution in [0.5, 0.6) is 0 Å². The van der Waals surface area contributed by atoms with Crippen LogP contribution in [0.15, 0.2) is 30.3 Å². The number of thiophene rings is 1. The number of benzene rings is 1. The van der Waals surface area contributed by atoms with Gasteiger partial charge < -0.3 is 16.8 Å². The molecule has 2 heterocycles. The third kappa shape index (κ3) is 2.54. The van der Waals surface area contributed by atoms with Crippen LogP contribution in [-0.2, 0) is 0 Å². The summed E-state index contributed by atoms with van der Waals surface area (Å²) in [6, 6.07) is 9.22. The van der Waals surface area contributed by atoms with Gasteiger partial charge >= 0.3 is 0 Å². The van der Waals surface area contributed by atoms with Crippen molar-refractivity contribution in [1.82, 2.24) is 4.98 Å². The number of aromatic nitrogens is 1. The van der Waals surface area contributed by atoms with E-state index < -0.39 is 11.7 Å². The number of rotatable bonds is 2. The van der Waals surface area contributed by atoms with E-state index in [2.05, 4.69) is 10.3 Å². The molecule has 0 fully saturated rings. The van der Waals surface area contributed by atoms with Gasteiger partial charge in [0.15, 0.2) is 0 Å². The van der Waals surface area contributed by atoms with Crippen molar-refractivity contribution < 1.29 is 9.18 Å². The molecule has 6 nitrogen and oxygen atoms in total. The number of nitrogens with zero attached hydrogens (tertiary/aromatic N) is 2. The molecule has 8 heteroatoms. The lowest BCUT2D eigenvalue weighted by atomic mass is 10.2. The second-order valence-corrected chi connectivity index (χ2v) is 5.66. The van der Waals surface area contributed by atoms with Gasteiger partial charge in [0, 0.05) is 5.39 Å². The lowest BCUT2D eigenvalue weighted by molar-refractivity contribution is 0.103. The number of nitriles is 1. The van der Waals surface area contributed by atoms with Crippen LogP contribution in [0, 0.1) is 17.1 Å². The van der Waals surface area contributed by atoms with Gasteiger partial charge in [-0.05, 0) is 18.2 Å². The highest BCUT2D eigenvalue weighted by Crippen LogP contribution is 2.34. The Hall–Kier alpha value is -3.18. The third-order valence-electron chi connectivity index (χ3n) is 3.20. The SMILES string of the molecule is N#Cc1cc2c(N)c(C(=O)Nc3ccccc3F)sc2nc1N. The zero-order valence-electron chi connectivity index (χ0n) is 11.6. The highest BCUT2D eigenvalue weighted by Gasteiger charge is 2.19. The number of halogens is 1. The van der Waals surface area contributed by atoms with Crippen LogP contribution in [0.4, 0.5) is 21.6 Å². The summed E-state index contributed by atoms with van der Waals surface area (Å²) in [5, 5.41) is 11.9. The topological polar surface area (TPSA) is 118 Å². The molecular formula is C15H10FN5OS. The van der Waals surface area contributed by atoms with Gasteiger partial charge in [-0.25, -0.2) is 9.37 Å². The Labute approximate surface area is 134 Å². The molecule has 114 valence electrons. The molecule has 0 radical (unpaired) electrons. The molecule has 0 bridgehead atoms. The van der Waals surface area contributed by atoms with Crippen molar-refractivity contribution in [2.45, 2.75) is 0 Å². The number of fused-ring (bicyclic) bond motifs is 1. The normalized spacial score (nSPS) is 10.4. The largest absolute Gasteiger partial charge is 0.397 e. The van der Waals surface area contributed by atoms with E-state index >= 15 is 0 Å². The number of nitrogens with one attached hydrogen (secondary N) is 1. The predicted octanol–water partition coefficient (Wildman–Crippen LogP) is 2.72. The van der Waals surface area contributed by atoms with Crippen molar-refractivity contribution in [3.8, 4) is 6.07 Å². The lowest BCUT2D eigenvalue weighted by Gasteiger charge is -2.05. The first kappa shape index (κ1) is 14.7. The molecule has 0 spiro atoms. The Morgan fingerprint density at radius 1 is 1.35 bits per heavy atom. The van der Waals surface area contributed by atoms with Crippen molar-refractivity contribution in [3.05, 3.63) is 46.6 Å². The number of pyridine rings is 1. The van der Waals surface area contributed by atoms with Gasteiger partial charge in [-0.2, -0.15) is 5.26 Å². The minimum Gasteiger partial charge on any atom is -0.397 e. The lowest BCUT2D eigenvalue weighted by Crippen LogP contribution is -2.12. The number of nitrogen functional groups attached to an aromatic ring is 2. The van der Waals surface area contributed by atoms with Crippen molar-refractivity contribution >= 4 is 44.7 Å². The Balaban J connectivity index is 2.03. The quantitative estimate of drug-likeness (QED) is 0.669. The summed E-state index contributed by atoms with van der Waals surface area (Å²) in [7, 11) is 0. The van der Waals surface area contributed by atoms with Crippen LogP contribution in [0.3, 0.4) is 0 Å². The van der Waals surface area contributed by atoms with E-state index in [1.54, 1.807) is 6.07 Å². The van der Waals surface area contributed by atoms with E-state index in [-0.39, 0.29) is 27.6 Å². The second-order valence-electron chi connectivity index (χ2n) is 4.66. The molecule has 0 unspecified atom stereocenters. The van der Waals surface area contributed by atoms with E-state index in [0.29, 0.717) is 10.2 Å². The number of para-hydroxylation sites is 1. The van der Waals surface area contributed by atoms with Gasteiger partial charge in [-0.3, -0.25) is 4.79 Å². The molecule has 3 rings (SSSR count). The van der Waals surface area contributed by atoms with Crippen LogP contribution in [0.2, 0.25) is 0 Å². The van der Waals surface area contributed by atoms with Gasteiger partial charge in [0.2, 0.25) is 0 Å². The number of hydrogen-bond acceptors (Lipinski definition) is 6. The molecule has 1 aromatic carbocycles. The predicted molar refractivity (Wildman–Crippen MR) is 87.5 cm³/mol. The smallest absolute Gasteiger partial charge is 0.268 e. The average molecular weight is 327 g/mol. The number of carbonyl (C=O) groups excluding carboxylic acids is 1. The molecule has 3 aromatic rings. The molecule has 0 saturated carbocycles. The number of hydrogen-bond donors (Lipinski definition) is 3. The van der Waals surface area contributed by atoms with Gasteiger partial charge in [0.1, 0.15) is 27.4 Å². The zero-order valence-corrected chi connectivity index (χ0v) is 12.4. The highest BCUT2D eigenvalue weighted by atomic mass is 32.1. The van der Waals surface area contributed by atoms with Gasteiger partial charge in [0.25, 0.3) is 5.91 Å². The Morgan fingerprint density at radius 2 is 2.09 bits per heavy atom. The Bertz CT molecular complexity index is 976. The maximum atomic E-state index is 13.6. The molecule has 0 atom stereocenters. The molecule has 0 aliphatic rings. The summed E-state index contributed by atoms with van der Waals surface area (Å²) in [5.41, 5.74) is 12.1. The number of carbonyl (C=O) groups is 1. The number of amides is 1. The van der Waals surface area contributed by atoms with E-state index in [0.717, 1.165) is 11.3 Å². The van der Waals surface area contributed by atoms with Gasteiger partial charge in [0.05, 0.1) is 16.9 Å². The van der Waals surface area contributed by atoms with Crippen molar-refractivity contribution in [2.75, 3.05) is 16.8 Å².